The zero-order chi connectivity index (χ0) is 21.8. The number of carbonyl (C=O) groups excluding carboxylic acids is 2. The van der Waals surface area contributed by atoms with Gasteiger partial charge in [0, 0.05) is 36.4 Å². The van der Waals surface area contributed by atoms with E-state index in [4.69, 9.17) is 34.8 Å². The van der Waals surface area contributed by atoms with Crippen molar-refractivity contribution in [2.45, 2.75) is 12.6 Å². The van der Waals surface area contributed by atoms with Crippen LogP contribution in [-0.2, 0) is 11.3 Å². The van der Waals surface area contributed by atoms with Crippen LogP contribution in [0.4, 0.5) is 0 Å². The number of nitrogens with zero attached hydrogens (tertiary/aromatic N) is 2. The molecular weight excluding hydrogens is 447 g/mol. The molecule has 1 atom stereocenters. The van der Waals surface area contributed by atoms with Crippen molar-refractivity contribution in [2.75, 3.05) is 7.05 Å². The first kappa shape index (κ1) is 22.1. The summed E-state index contributed by atoms with van der Waals surface area (Å²) in [5, 5.41) is 0.653. The van der Waals surface area contributed by atoms with Crippen molar-refractivity contribution in [2.24, 2.45) is 0 Å². The molecule has 1 unspecified atom stereocenters. The van der Waals surface area contributed by atoms with E-state index in [1.807, 2.05) is 30.3 Å². The van der Waals surface area contributed by atoms with Gasteiger partial charge in [-0.15, -0.1) is 0 Å². The zero-order valence-electron chi connectivity index (χ0n) is 15.9. The number of amides is 1. The lowest BCUT2D eigenvalue weighted by Crippen LogP contribution is -2.42. The smallest absolute Gasteiger partial charge is 0.253 e. The lowest BCUT2D eigenvalue weighted by atomic mass is 10.0. The predicted octanol–water partition coefficient (Wildman–Crippen LogP) is 4.89. The highest BCUT2D eigenvalue weighted by Gasteiger charge is 2.33. The molecule has 0 fully saturated rings. The highest BCUT2D eigenvalue weighted by Crippen LogP contribution is 2.26. The number of aromatic nitrogens is 1. The Morgan fingerprint density at radius 3 is 2.30 bits per heavy atom. The van der Waals surface area contributed by atoms with Crippen molar-refractivity contribution >= 4 is 46.5 Å². The van der Waals surface area contributed by atoms with E-state index in [1.165, 1.54) is 41.4 Å². The maximum absolute atomic E-state index is 13.4. The van der Waals surface area contributed by atoms with Crippen LogP contribution in [0.3, 0.4) is 0 Å². The Morgan fingerprint density at radius 2 is 1.63 bits per heavy atom. The second-order valence-corrected chi connectivity index (χ2v) is 7.94. The van der Waals surface area contributed by atoms with E-state index < -0.39 is 23.3 Å². The first-order valence-corrected chi connectivity index (χ1v) is 10.1. The topological polar surface area (TPSA) is 59.4 Å². The summed E-state index contributed by atoms with van der Waals surface area (Å²) in [6.07, 6.45) is 1.27. The summed E-state index contributed by atoms with van der Waals surface area (Å²) >= 11 is 18.2. The van der Waals surface area contributed by atoms with Gasteiger partial charge in [-0.1, -0.05) is 65.1 Å². The fourth-order valence-corrected chi connectivity index (χ4v) is 3.69. The fraction of sp³-hybridized carbons (Fsp3) is 0.136. The Kier molecular flexibility index (Phi) is 6.98. The quantitative estimate of drug-likeness (QED) is 0.386. The summed E-state index contributed by atoms with van der Waals surface area (Å²) in [5.74, 6) is -1.20. The number of ketones is 1. The number of Topliss-reactive ketones (excluding diaryl/α,β-unsaturated/α-hetero) is 1. The normalized spacial score (nSPS) is 11.7. The van der Waals surface area contributed by atoms with E-state index in [-0.39, 0.29) is 22.2 Å². The zero-order valence-corrected chi connectivity index (χ0v) is 18.2. The first-order valence-electron chi connectivity index (χ1n) is 8.94. The van der Waals surface area contributed by atoms with E-state index in [1.54, 1.807) is 7.05 Å². The highest BCUT2D eigenvalue weighted by atomic mass is 35.5. The number of hydrogen-bond donors (Lipinski definition) is 0. The van der Waals surface area contributed by atoms with Gasteiger partial charge in [-0.25, -0.2) is 0 Å². The van der Waals surface area contributed by atoms with Gasteiger partial charge in [0.25, 0.3) is 11.5 Å². The van der Waals surface area contributed by atoms with E-state index in [0.29, 0.717) is 5.02 Å². The van der Waals surface area contributed by atoms with Gasteiger partial charge in [-0.05, 0) is 29.8 Å². The van der Waals surface area contributed by atoms with Crippen molar-refractivity contribution < 1.29 is 9.59 Å². The maximum Gasteiger partial charge on any atom is 0.253 e. The summed E-state index contributed by atoms with van der Waals surface area (Å²) in [6.45, 7) is 0.257. The SMILES string of the molecule is CN(Cc1ccccc1)C(=O)C(C(=O)c1ccc(Cl)cc1Cl)n1cc(Cl)ccc1=O. The van der Waals surface area contributed by atoms with Crippen LogP contribution in [0.15, 0.2) is 71.7 Å². The predicted molar refractivity (Wildman–Crippen MR) is 118 cm³/mol. The van der Waals surface area contributed by atoms with Crippen molar-refractivity contribution in [3.8, 4) is 0 Å². The highest BCUT2D eigenvalue weighted by molar-refractivity contribution is 6.37. The molecule has 2 aromatic carbocycles. The molecule has 0 bridgehead atoms. The Labute approximate surface area is 188 Å². The first-order chi connectivity index (χ1) is 14.3. The molecular formula is C22H17Cl3N2O3. The monoisotopic (exact) mass is 462 g/mol. The van der Waals surface area contributed by atoms with Crippen molar-refractivity contribution in [1.82, 2.24) is 9.47 Å². The lowest BCUT2D eigenvalue weighted by molar-refractivity contribution is -0.132. The molecule has 1 aromatic heterocycles. The average molecular weight is 464 g/mol. The summed E-state index contributed by atoms with van der Waals surface area (Å²) in [5.41, 5.74) is 0.422. The van der Waals surface area contributed by atoms with Gasteiger partial charge in [0.05, 0.1) is 10.0 Å². The van der Waals surface area contributed by atoms with E-state index >= 15 is 0 Å². The Balaban J connectivity index is 2.05. The third kappa shape index (κ3) is 4.93. The third-order valence-corrected chi connectivity index (χ3v) is 5.27. The van der Waals surface area contributed by atoms with Crippen LogP contribution in [0.2, 0.25) is 15.1 Å². The summed E-state index contributed by atoms with van der Waals surface area (Å²) in [4.78, 5) is 40.6. The molecule has 0 spiro atoms. The van der Waals surface area contributed by atoms with Crippen LogP contribution in [-0.4, -0.2) is 28.2 Å². The summed E-state index contributed by atoms with van der Waals surface area (Å²) < 4.78 is 1.03. The van der Waals surface area contributed by atoms with Gasteiger partial charge in [-0.3, -0.25) is 19.0 Å². The Morgan fingerprint density at radius 1 is 0.967 bits per heavy atom. The largest absolute Gasteiger partial charge is 0.339 e. The third-order valence-electron chi connectivity index (χ3n) is 4.50. The van der Waals surface area contributed by atoms with E-state index in [0.717, 1.165) is 10.1 Å². The molecule has 1 heterocycles. The summed E-state index contributed by atoms with van der Waals surface area (Å²) in [7, 11) is 1.56. The minimum atomic E-state index is -1.47. The Bertz CT molecular complexity index is 1150. The number of likely N-dealkylation sites (N-methyl/N-ethyl adjacent to an activating group) is 1. The fourth-order valence-electron chi connectivity index (χ4n) is 3.02. The van der Waals surface area contributed by atoms with Crippen molar-refractivity contribution in [3.05, 3.63) is 103 Å². The molecule has 8 heteroatoms. The molecule has 3 aromatic rings. The average Bonchev–Trinajstić information content (AvgIpc) is 2.71. The van der Waals surface area contributed by atoms with E-state index in [2.05, 4.69) is 0 Å². The van der Waals surface area contributed by atoms with Crippen LogP contribution < -0.4 is 5.56 Å². The van der Waals surface area contributed by atoms with Crippen molar-refractivity contribution in [1.29, 1.82) is 0 Å². The standard InChI is InChI=1S/C22H17Cl3N2O3/c1-26(12-14-5-3-2-4-6-14)22(30)20(27-13-16(24)8-10-19(27)28)21(29)17-9-7-15(23)11-18(17)25/h2-11,13,20H,12H2,1H3. The van der Waals surface area contributed by atoms with Gasteiger partial charge >= 0.3 is 0 Å². The molecule has 0 aliphatic rings. The van der Waals surface area contributed by atoms with Crippen LogP contribution >= 0.6 is 34.8 Å². The Hall–Kier alpha value is -2.60. The van der Waals surface area contributed by atoms with Crippen LogP contribution in [0.5, 0.6) is 0 Å². The molecule has 0 aliphatic heterocycles. The molecule has 0 N–H and O–H groups in total. The number of rotatable bonds is 6. The van der Waals surface area contributed by atoms with E-state index in [9.17, 15) is 14.4 Å². The van der Waals surface area contributed by atoms with Gasteiger partial charge in [0.2, 0.25) is 0 Å². The second kappa shape index (κ2) is 9.47. The molecule has 1 amide bonds. The van der Waals surface area contributed by atoms with Gasteiger partial charge in [-0.2, -0.15) is 0 Å². The second-order valence-electron chi connectivity index (χ2n) is 6.66. The molecule has 0 saturated heterocycles. The van der Waals surface area contributed by atoms with Crippen LogP contribution in [0.25, 0.3) is 0 Å². The van der Waals surface area contributed by atoms with Gasteiger partial charge in [0.15, 0.2) is 11.8 Å². The minimum Gasteiger partial charge on any atom is -0.339 e. The molecule has 30 heavy (non-hydrogen) atoms. The minimum absolute atomic E-state index is 0.0828. The molecule has 3 rings (SSSR count). The van der Waals surface area contributed by atoms with Gasteiger partial charge < -0.3 is 4.90 Å². The molecule has 154 valence electrons. The molecule has 0 radical (unpaired) electrons. The summed E-state index contributed by atoms with van der Waals surface area (Å²) in [6, 6.07) is 14.8. The number of benzene rings is 2. The number of hydrogen-bond acceptors (Lipinski definition) is 3. The number of carbonyl (C=O) groups is 2. The lowest BCUT2D eigenvalue weighted by Gasteiger charge is -2.25. The van der Waals surface area contributed by atoms with Gasteiger partial charge in [0.1, 0.15) is 0 Å². The van der Waals surface area contributed by atoms with Crippen LogP contribution in [0, 0.1) is 0 Å². The number of halogens is 3. The number of pyridine rings is 1. The molecule has 5 nitrogen and oxygen atoms in total. The van der Waals surface area contributed by atoms with Crippen molar-refractivity contribution in [3.63, 3.8) is 0 Å². The maximum atomic E-state index is 13.4. The van der Waals surface area contributed by atoms with Crippen LogP contribution in [0.1, 0.15) is 22.0 Å². The molecule has 0 saturated carbocycles. The molecule has 0 aliphatic carbocycles.